The maximum atomic E-state index is 14.2. The molecule has 4 saturated carbocycles. The monoisotopic (exact) mass is 488 g/mol. The molecule has 0 aromatic heterocycles. The average molecular weight is 489 g/mol. The Labute approximate surface area is 212 Å². The second-order valence-electron chi connectivity index (χ2n) is 12.4. The lowest BCUT2D eigenvalue weighted by atomic mass is 9.43. The second-order valence-corrected chi connectivity index (χ2v) is 12.4. The predicted molar refractivity (Wildman–Crippen MR) is 137 cm³/mol. The lowest BCUT2D eigenvalue weighted by Crippen LogP contribution is -2.58. The fourth-order valence-corrected chi connectivity index (χ4v) is 9.25. The van der Waals surface area contributed by atoms with Crippen LogP contribution in [0.25, 0.3) is 0 Å². The highest BCUT2D eigenvalue weighted by Crippen LogP contribution is 2.68. The largest absolute Gasteiger partial charge is 0.466 e. The molecule has 0 aromatic carbocycles. The van der Waals surface area contributed by atoms with Gasteiger partial charge in [0.05, 0.1) is 12.7 Å². The lowest BCUT2D eigenvalue weighted by Gasteiger charge is -2.61. The summed E-state index contributed by atoms with van der Waals surface area (Å²) in [6.07, 6.45) is 11.5. The standard InChI is InChI=1S/C30H48O5/c1-7-21-25-17-20(35-18-33-6)13-15-30(25,5)24-14-16-29(4)22(10-11-23(29)27(24)28(21)32)19(3)9-12-26(31)34-8-2/h7,19-20,22-25,27H,8-18H2,1-6H3/t19-,20-,22?,23?,24?,25?,27?,29-,30-/m1/s1. The first-order valence-corrected chi connectivity index (χ1v) is 14.2. The first kappa shape index (κ1) is 26.9. The fourth-order valence-electron chi connectivity index (χ4n) is 9.25. The van der Waals surface area contributed by atoms with Gasteiger partial charge in [-0.25, -0.2) is 0 Å². The van der Waals surface area contributed by atoms with E-state index in [0.717, 1.165) is 44.1 Å². The zero-order valence-corrected chi connectivity index (χ0v) is 22.9. The van der Waals surface area contributed by atoms with E-state index in [9.17, 15) is 9.59 Å². The van der Waals surface area contributed by atoms with E-state index in [4.69, 9.17) is 14.2 Å². The summed E-state index contributed by atoms with van der Waals surface area (Å²) in [5.74, 6) is 2.78. The third kappa shape index (κ3) is 4.65. The number of esters is 1. The molecule has 5 unspecified atom stereocenters. The molecule has 0 bridgehead atoms. The van der Waals surface area contributed by atoms with Gasteiger partial charge in [0.2, 0.25) is 0 Å². The van der Waals surface area contributed by atoms with E-state index in [1.54, 1.807) is 7.11 Å². The van der Waals surface area contributed by atoms with Crippen LogP contribution in [0.5, 0.6) is 0 Å². The molecule has 9 atom stereocenters. The van der Waals surface area contributed by atoms with Gasteiger partial charge in [0, 0.05) is 19.4 Å². The van der Waals surface area contributed by atoms with Gasteiger partial charge in [-0.1, -0.05) is 26.8 Å². The Balaban J connectivity index is 1.54. The van der Waals surface area contributed by atoms with Gasteiger partial charge in [0.1, 0.15) is 6.79 Å². The Morgan fingerprint density at radius 1 is 1.11 bits per heavy atom. The zero-order chi connectivity index (χ0) is 25.4. The number of ketones is 1. The van der Waals surface area contributed by atoms with Crippen molar-refractivity contribution in [2.45, 2.75) is 98.5 Å². The van der Waals surface area contributed by atoms with Gasteiger partial charge in [-0.15, -0.1) is 0 Å². The number of Topliss-reactive ketones (excluding diaryl/α,β-unsaturated/α-hetero) is 1. The molecule has 5 heteroatoms. The Morgan fingerprint density at radius 2 is 1.83 bits per heavy atom. The highest BCUT2D eigenvalue weighted by molar-refractivity contribution is 5.99. The van der Waals surface area contributed by atoms with E-state index in [0.29, 0.717) is 55.2 Å². The number of carbonyl (C=O) groups is 2. The van der Waals surface area contributed by atoms with Gasteiger partial charge < -0.3 is 14.2 Å². The van der Waals surface area contributed by atoms with Crippen LogP contribution in [0.1, 0.15) is 92.4 Å². The molecule has 4 rings (SSSR count). The highest BCUT2D eigenvalue weighted by Gasteiger charge is 2.64. The summed E-state index contributed by atoms with van der Waals surface area (Å²) < 4.78 is 16.3. The number of allylic oxidation sites excluding steroid dienone is 2. The first-order chi connectivity index (χ1) is 16.7. The summed E-state index contributed by atoms with van der Waals surface area (Å²) in [4.78, 5) is 26.1. The average Bonchev–Trinajstić information content (AvgIpc) is 3.19. The van der Waals surface area contributed by atoms with E-state index >= 15 is 0 Å². The molecule has 0 radical (unpaired) electrons. The SMILES string of the molecule is CC=C1C(=O)C2C(CC[C@@]3(C)C2CCC3[C@H](C)CCC(=O)OCC)[C@@]2(C)CC[C@@H](OCOC)CC12. The fraction of sp³-hybridized carbons (Fsp3) is 0.867. The highest BCUT2D eigenvalue weighted by atomic mass is 16.7. The van der Waals surface area contributed by atoms with Crippen LogP contribution < -0.4 is 0 Å². The van der Waals surface area contributed by atoms with Crippen molar-refractivity contribution in [3.05, 3.63) is 11.6 Å². The van der Waals surface area contributed by atoms with Crippen LogP contribution in [0, 0.1) is 46.3 Å². The van der Waals surface area contributed by atoms with Crippen LogP contribution in [0.4, 0.5) is 0 Å². The number of carbonyl (C=O) groups excluding carboxylic acids is 2. The van der Waals surface area contributed by atoms with Crippen molar-refractivity contribution in [2.24, 2.45) is 46.3 Å². The number of hydrogen-bond donors (Lipinski definition) is 0. The Morgan fingerprint density at radius 3 is 2.51 bits per heavy atom. The predicted octanol–water partition coefficient (Wildman–Crippen LogP) is 6.35. The molecular weight excluding hydrogens is 440 g/mol. The van der Waals surface area contributed by atoms with Crippen LogP contribution >= 0.6 is 0 Å². The Hall–Kier alpha value is -1.20. The quantitative estimate of drug-likeness (QED) is 0.226. The van der Waals surface area contributed by atoms with Crippen molar-refractivity contribution in [1.82, 2.24) is 0 Å². The third-order valence-corrected chi connectivity index (χ3v) is 11.0. The molecule has 0 spiro atoms. The maximum Gasteiger partial charge on any atom is 0.305 e. The number of ether oxygens (including phenoxy) is 3. The van der Waals surface area contributed by atoms with E-state index < -0.39 is 0 Å². The van der Waals surface area contributed by atoms with E-state index in [1.165, 1.54) is 12.8 Å². The Bertz CT molecular complexity index is 820. The normalized spacial score (nSPS) is 42.8. The zero-order valence-electron chi connectivity index (χ0n) is 22.9. The van der Waals surface area contributed by atoms with Crippen LogP contribution in [0.15, 0.2) is 11.6 Å². The van der Waals surface area contributed by atoms with E-state index in [1.807, 2.05) is 6.92 Å². The first-order valence-electron chi connectivity index (χ1n) is 14.2. The summed E-state index contributed by atoms with van der Waals surface area (Å²) >= 11 is 0. The summed E-state index contributed by atoms with van der Waals surface area (Å²) in [6, 6.07) is 0. The topological polar surface area (TPSA) is 61.8 Å². The molecule has 0 aliphatic heterocycles. The smallest absolute Gasteiger partial charge is 0.305 e. The van der Waals surface area contributed by atoms with Gasteiger partial charge >= 0.3 is 5.97 Å². The van der Waals surface area contributed by atoms with Gasteiger partial charge in [-0.2, -0.15) is 0 Å². The molecule has 4 aliphatic carbocycles. The molecule has 35 heavy (non-hydrogen) atoms. The summed E-state index contributed by atoms with van der Waals surface area (Å²) in [5.41, 5.74) is 1.43. The van der Waals surface area contributed by atoms with Gasteiger partial charge in [0.15, 0.2) is 5.78 Å². The molecule has 0 aromatic rings. The minimum absolute atomic E-state index is 0.0769. The van der Waals surface area contributed by atoms with Crippen molar-refractivity contribution >= 4 is 11.8 Å². The van der Waals surface area contributed by atoms with Crippen LogP contribution in [-0.2, 0) is 23.8 Å². The van der Waals surface area contributed by atoms with Crippen molar-refractivity contribution < 1.29 is 23.8 Å². The molecule has 0 amide bonds. The van der Waals surface area contributed by atoms with Crippen LogP contribution in [0.3, 0.4) is 0 Å². The molecule has 0 heterocycles. The number of fused-ring (bicyclic) bond motifs is 5. The summed E-state index contributed by atoms with van der Waals surface area (Å²) in [6.45, 7) is 12.0. The lowest BCUT2D eigenvalue weighted by molar-refractivity contribution is -0.157. The summed E-state index contributed by atoms with van der Waals surface area (Å²) in [5, 5.41) is 0. The molecule has 198 valence electrons. The molecule has 0 saturated heterocycles. The van der Waals surface area contributed by atoms with Crippen LogP contribution in [-0.4, -0.2) is 38.4 Å². The molecule has 5 nitrogen and oxygen atoms in total. The van der Waals surface area contributed by atoms with Crippen molar-refractivity contribution in [3.63, 3.8) is 0 Å². The van der Waals surface area contributed by atoms with Crippen molar-refractivity contribution in [3.8, 4) is 0 Å². The minimum Gasteiger partial charge on any atom is -0.466 e. The van der Waals surface area contributed by atoms with Crippen molar-refractivity contribution in [2.75, 3.05) is 20.5 Å². The maximum absolute atomic E-state index is 14.2. The van der Waals surface area contributed by atoms with Gasteiger partial charge in [-0.05, 0) is 111 Å². The van der Waals surface area contributed by atoms with Gasteiger partial charge in [0.25, 0.3) is 0 Å². The van der Waals surface area contributed by atoms with Crippen LogP contribution in [0.2, 0.25) is 0 Å². The van der Waals surface area contributed by atoms with E-state index in [2.05, 4.69) is 33.8 Å². The second kappa shape index (κ2) is 10.7. The minimum atomic E-state index is -0.0769. The number of hydrogen-bond acceptors (Lipinski definition) is 5. The third-order valence-electron chi connectivity index (χ3n) is 11.0. The summed E-state index contributed by atoms with van der Waals surface area (Å²) in [7, 11) is 1.67. The Kier molecular flexibility index (Phi) is 8.17. The van der Waals surface area contributed by atoms with Crippen molar-refractivity contribution in [1.29, 1.82) is 0 Å². The molecular formula is C30H48O5. The molecule has 4 aliphatic rings. The number of methoxy groups -OCH3 is 1. The molecule has 4 fully saturated rings. The van der Waals surface area contributed by atoms with E-state index in [-0.39, 0.29) is 28.8 Å². The number of rotatable bonds is 8. The van der Waals surface area contributed by atoms with Gasteiger partial charge in [-0.3, -0.25) is 9.59 Å². The molecule has 0 N–H and O–H groups in total.